The van der Waals surface area contributed by atoms with Crippen LogP contribution < -0.4 is 10.1 Å². The van der Waals surface area contributed by atoms with Gasteiger partial charge in [-0.1, -0.05) is 42.0 Å². The Morgan fingerprint density at radius 1 is 1.20 bits per heavy atom. The highest BCUT2D eigenvalue weighted by Crippen LogP contribution is 2.26. The second-order valence-electron chi connectivity index (χ2n) is 6.35. The van der Waals surface area contributed by atoms with E-state index < -0.39 is 0 Å². The number of nitrogens with one attached hydrogen (secondary N) is 1. The van der Waals surface area contributed by atoms with Gasteiger partial charge in [0.1, 0.15) is 5.75 Å². The Morgan fingerprint density at radius 3 is 2.64 bits per heavy atom. The number of aryl methyl sites for hydroxylation is 1. The van der Waals surface area contributed by atoms with E-state index in [1.54, 1.807) is 24.1 Å². The van der Waals surface area contributed by atoms with Gasteiger partial charge in [-0.3, -0.25) is 9.59 Å². The lowest BCUT2D eigenvalue weighted by molar-refractivity contribution is -0.128. The molecule has 2 amide bonds. The number of para-hydroxylation sites is 2. The average Bonchev–Trinajstić information content (AvgIpc) is 2.98. The van der Waals surface area contributed by atoms with Crippen molar-refractivity contribution >= 4 is 17.5 Å². The van der Waals surface area contributed by atoms with Gasteiger partial charge in [0.05, 0.1) is 18.7 Å². The van der Waals surface area contributed by atoms with Crippen LogP contribution in [-0.4, -0.2) is 30.4 Å². The zero-order valence-corrected chi connectivity index (χ0v) is 14.5. The minimum Gasteiger partial charge on any atom is -0.495 e. The van der Waals surface area contributed by atoms with Crippen molar-refractivity contribution < 1.29 is 14.3 Å². The van der Waals surface area contributed by atoms with Crippen molar-refractivity contribution in [2.75, 3.05) is 19.0 Å². The van der Waals surface area contributed by atoms with Crippen molar-refractivity contribution in [3.05, 3.63) is 59.7 Å². The Kier molecular flexibility index (Phi) is 5.03. The molecular weight excluding hydrogens is 316 g/mol. The summed E-state index contributed by atoms with van der Waals surface area (Å²) in [5, 5.41) is 2.87. The number of nitrogens with zero attached hydrogens (tertiary/aromatic N) is 1. The van der Waals surface area contributed by atoms with Gasteiger partial charge in [-0.05, 0) is 24.6 Å². The van der Waals surface area contributed by atoms with Crippen molar-refractivity contribution in [3.8, 4) is 5.75 Å². The van der Waals surface area contributed by atoms with Crippen molar-refractivity contribution in [1.29, 1.82) is 0 Å². The Balaban J connectivity index is 1.63. The highest BCUT2D eigenvalue weighted by atomic mass is 16.5. The van der Waals surface area contributed by atoms with E-state index in [2.05, 4.69) is 5.32 Å². The van der Waals surface area contributed by atoms with Crippen LogP contribution in [0, 0.1) is 12.8 Å². The van der Waals surface area contributed by atoms with Gasteiger partial charge in [0, 0.05) is 19.5 Å². The van der Waals surface area contributed by atoms with Gasteiger partial charge in [-0.15, -0.1) is 0 Å². The molecule has 1 saturated heterocycles. The maximum Gasteiger partial charge on any atom is 0.229 e. The van der Waals surface area contributed by atoms with Gasteiger partial charge in [0.15, 0.2) is 0 Å². The number of likely N-dealkylation sites (tertiary alicyclic amines) is 1. The van der Waals surface area contributed by atoms with Crippen LogP contribution in [0.3, 0.4) is 0 Å². The average molecular weight is 338 g/mol. The van der Waals surface area contributed by atoms with E-state index >= 15 is 0 Å². The summed E-state index contributed by atoms with van der Waals surface area (Å²) < 4.78 is 5.25. The largest absolute Gasteiger partial charge is 0.495 e. The Hall–Kier alpha value is -2.82. The summed E-state index contributed by atoms with van der Waals surface area (Å²) in [6.45, 7) is 3.01. The number of hydrogen-bond acceptors (Lipinski definition) is 3. The first kappa shape index (κ1) is 17.0. The summed E-state index contributed by atoms with van der Waals surface area (Å²) in [7, 11) is 1.56. The number of ether oxygens (including phenoxy) is 1. The lowest BCUT2D eigenvalue weighted by Crippen LogP contribution is -2.28. The molecule has 1 fully saturated rings. The van der Waals surface area contributed by atoms with Crippen LogP contribution in [0.2, 0.25) is 0 Å². The minimum absolute atomic E-state index is 0.0146. The summed E-state index contributed by atoms with van der Waals surface area (Å²) in [4.78, 5) is 26.5. The number of carbonyl (C=O) groups is 2. The summed E-state index contributed by atoms with van der Waals surface area (Å²) in [5.41, 5.74) is 2.88. The lowest BCUT2D eigenvalue weighted by Gasteiger charge is -2.17. The van der Waals surface area contributed by atoms with Crippen molar-refractivity contribution in [3.63, 3.8) is 0 Å². The quantitative estimate of drug-likeness (QED) is 0.912. The molecule has 0 saturated carbocycles. The number of anilines is 1. The van der Waals surface area contributed by atoms with Crippen molar-refractivity contribution in [1.82, 2.24) is 4.90 Å². The fourth-order valence-electron chi connectivity index (χ4n) is 3.00. The molecule has 3 rings (SSSR count). The van der Waals surface area contributed by atoms with Gasteiger partial charge in [-0.2, -0.15) is 0 Å². The highest BCUT2D eigenvalue weighted by molar-refractivity contribution is 5.98. The molecule has 5 heteroatoms. The summed E-state index contributed by atoms with van der Waals surface area (Å²) in [6, 6.07) is 15.4. The van der Waals surface area contributed by atoms with Crippen LogP contribution in [0.5, 0.6) is 5.75 Å². The second kappa shape index (κ2) is 7.38. The van der Waals surface area contributed by atoms with Crippen LogP contribution in [0.1, 0.15) is 17.5 Å². The van der Waals surface area contributed by atoms with E-state index in [4.69, 9.17) is 4.74 Å². The number of carbonyl (C=O) groups excluding carboxylic acids is 2. The lowest BCUT2D eigenvalue weighted by atomic mass is 10.1. The molecule has 25 heavy (non-hydrogen) atoms. The monoisotopic (exact) mass is 338 g/mol. The molecule has 130 valence electrons. The molecule has 0 radical (unpaired) electrons. The van der Waals surface area contributed by atoms with Crippen molar-refractivity contribution in [2.45, 2.75) is 19.9 Å². The van der Waals surface area contributed by atoms with E-state index in [1.807, 2.05) is 43.3 Å². The molecule has 1 aliphatic rings. The first-order valence-electron chi connectivity index (χ1n) is 8.34. The van der Waals surface area contributed by atoms with E-state index in [1.165, 1.54) is 5.56 Å². The number of rotatable bonds is 5. The van der Waals surface area contributed by atoms with Crippen LogP contribution >= 0.6 is 0 Å². The van der Waals surface area contributed by atoms with Crippen LogP contribution in [0.4, 0.5) is 5.69 Å². The fourth-order valence-corrected chi connectivity index (χ4v) is 3.00. The van der Waals surface area contributed by atoms with E-state index in [-0.39, 0.29) is 24.2 Å². The molecule has 0 aliphatic carbocycles. The molecular formula is C20H22N2O3. The molecule has 5 nitrogen and oxygen atoms in total. The molecule has 1 heterocycles. The third kappa shape index (κ3) is 3.99. The molecule has 1 N–H and O–H groups in total. The minimum atomic E-state index is -0.345. The van der Waals surface area contributed by atoms with E-state index in [0.29, 0.717) is 24.5 Å². The van der Waals surface area contributed by atoms with E-state index in [9.17, 15) is 9.59 Å². The summed E-state index contributed by atoms with van der Waals surface area (Å²) >= 11 is 0. The number of hydrogen-bond donors (Lipinski definition) is 1. The Morgan fingerprint density at radius 2 is 1.92 bits per heavy atom. The van der Waals surface area contributed by atoms with Gasteiger partial charge in [0.25, 0.3) is 0 Å². The molecule has 0 aromatic heterocycles. The number of methoxy groups -OCH3 is 1. The first-order valence-corrected chi connectivity index (χ1v) is 8.34. The predicted molar refractivity (Wildman–Crippen MR) is 96.3 cm³/mol. The molecule has 1 unspecified atom stereocenters. The van der Waals surface area contributed by atoms with Gasteiger partial charge in [0.2, 0.25) is 11.8 Å². The fraction of sp³-hybridized carbons (Fsp3) is 0.300. The Labute approximate surface area is 147 Å². The summed E-state index contributed by atoms with van der Waals surface area (Å²) in [6.07, 6.45) is 0.243. The third-order valence-corrected chi connectivity index (χ3v) is 4.44. The van der Waals surface area contributed by atoms with E-state index in [0.717, 1.165) is 5.56 Å². The summed E-state index contributed by atoms with van der Waals surface area (Å²) in [5.74, 6) is 0.129. The smallest absolute Gasteiger partial charge is 0.229 e. The zero-order valence-electron chi connectivity index (χ0n) is 14.5. The van der Waals surface area contributed by atoms with Crippen LogP contribution in [-0.2, 0) is 16.1 Å². The first-order chi connectivity index (χ1) is 12.1. The molecule has 2 aromatic carbocycles. The van der Waals surface area contributed by atoms with Gasteiger partial charge in [-0.25, -0.2) is 0 Å². The highest BCUT2D eigenvalue weighted by Gasteiger charge is 2.34. The maximum atomic E-state index is 12.5. The van der Waals surface area contributed by atoms with Crippen molar-refractivity contribution in [2.24, 2.45) is 5.92 Å². The number of amides is 2. The normalized spacial score (nSPS) is 16.8. The molecule has 1 aliphatic heterocycles. The molecule has 2 aromatic rings. The standard InChI is InChI=1S/C20H22N2O3/c1-14-7-9-15(10-8-14)12-22-13-16(11-19(22)23)20(24)21-17-5-3-4-6-18(17)25-2/h3-10,16H,11-13H2,1-2H3,(H,21,24). The number of benzene rings is 2. The second-order valence-corrected chi connectivity index (χ2v) is 6.35. The Bertz CT molecular complexity index is 771. The predicted octanol–water partition coefficient (Wildman–Crippen LogP) is 2.99. The van der Waals surface area contributed by atoms with Gasteiger partial charge >= 0.3 is 0 Å². The maximum absolute atomic E-state index is 12.5. The SMILES string of the molecule is COc1ccccc1NC(=O)C1CC(=O)N(Cc2ccc(C)cc2)C1. The topological polar surface area (TPSA) is 58.6 Å². The molecule has 0 bridgehead atoms. The molecule has 0 spiro atoms. The van der Waals surface area contributed by atoms with Crippen LogP contribution in [0.15, 0.2) is 48.5 Å². The van der Waals surface area contributed by atoms with Gasteiger partial charge < -0.3 is 15.0 Å². The zero-order chi connectivity index (χ0) is 17.8. The third-order valence-electron chi connectivity index (χ3n) is 4.44. The van der Waals surface area contributed by atoms with Crippen LogP contribution in [0.25, 0.3) is 0 Å². The molecule has 1 atom stereocenters.